The van der Waals surface area contributed by atoms with Crippen molar-refractivity contribution in [1.29, 1.82) is 0 Å². The van der Waals surface area contributed by atoms with E-state index in [4.69, 9.17) is 28.1 Å². The van der Waals surface area contributed by atoms with Crippen molar-refractivity contribution in [2.45, 2.75) is 37.6 Å². The van der Waals surface area contributed by atoms with Gasteiger partial charge in [-0.15, -0.1) is 16.4 Å². The minimum Gasteiger partial charge on any atom is -0.464 e. The molecule has 0 bridgehead atoms. The van der Waals surface area contributed by atoms with Gasteiger partial charge in [0.1, 0.15) is 11.0 Å². The maximum atomic E-state index is 12.6. The molecule has 2 aromatic heterocycles. The van der Waals surface area contributed by atoms with E-state index in [1.165, 1.54) is 17.7 Å². The van der Waals surface area contributed by atoms with Crippen LogP contribution in [0.5, 0.6) is 11.5 Å². The van der Waals surface area contributed by atoms with E-state index < -0.39 is 16.2 Å². The molecule has 3 aromatic carbocycles. The number of aromatic nitrogens is 4. The molecule has 0 radical (unpaired) electrons. The zero-order chi connectivity index (χ0) is 31.1. The summed E-state index contributed by atoms with van der Waals surface area (Å²) in [6.07, 6.45) is 2.94. The average Bonchev–Trinajstić information content (AvgIpc) is 3.66. The van der Waals surface area contributed by atoms with Gasteiger partial charge in [-0.1, -0.05) is 42.0 Å². The smallest absolute Gasteiger partial charge is 0.296 e. The highest BCUT2D eigenvalue weighted by atomic mass is 32.2. The van der Waals surface area contributed by atoms with E-state index >= 15 is 0 Å². The van der Waals surface area contributed by atoms with Crippen molar-refractivity contribution < 1.29 is 31.5 Å². The largest absolute Gasteiger partial charge is 0.464 e. The first-order valence-corrected chi connectivity index (χ1v) is 16.2. The number of fused-ring (bicyclic) bond motifs is 1. The second-order valence-electron chi connectivity index (χ2n) is 9.95. The van der Waals surface area contributed by atoms with Crippen LogP contribution in [0.25, 0.3) is 10.2 Å². The van der Waals surface area contributed by atoms with E-state index in [0.29, 0.717) is 17.2 Å². The molecule has 11 nitrogen and oxygen atoms in total. The number of ether oxygens (including phenoxy) is 4. The lowest BCUT2D eigenvalue weighted by Crippen LogP contribution is -2.14. The minimum absolute atomic E-state index is 0.0252. The van der Waals surface area contributed by atoms with Gasteiger partial charge in [-0.3, -0.25) is 4.18 Å². The summed E-state index contributed by atoms with van der Waals surface area (Å²) in [4.78, 5) is 5.07. The van der Waals surface area contributed by atoms with Gasteiger partial charge in [0.15, 0.2) is 25.1 Å². The minimum atomic E-state index is -3.89. The first-order chi connectivity index (χ1) is 21.3. The van der Waals surface area contributed by atoms with Crippen molar-refractivity contribution in [2.24, 2.45) is 0 Å². The first kappa shape index (κ1) is 31.5. The van der Waals surface area contributed by atoms with Crippen molar-refractivity contribution in [2.75, 3.05) is 34.4 Å². The van der Waals surface area contributed by atoms with Crippen LogP contribution in [0, 0.1) is 6.92 Å². The predicted octanol–water partition coefficient (Wildman–Crippen LogP) is 5.31. The molecule has 0 fully saturated rings. The normalized spacial score (nSPS) is 12.5. The lowest BCUT2D eigenvalue weighted by molar-refractivity contribution is 0.0322. The maximum absolute atomic E-state index is 12.6. The number of aryl methyl sites for hydroxylation is 2. The number of rotatable bonds is 15. The average molecular weight is 639 g/mol. The fraction of sp³-hybridized carbons (Fsp3) is 0.323. The van der Waals surface area contributed by atoms with E-state index in [-0.39, 0.29) is 31.5 Å². The van der Waals surface area contributed by atoms with Gasteiger partial charge in [0.25, 0.3) is 10.1 Å². The van der Waals surface area contributed by atoms with Crippen molar-refractivity contribution in [3.05, 3.63) is 94.3 Å². The number of nitrogens with zero attached hydrogens (tertiary/aromatic N) is 4. The monoisotopic (exact) mass is 638 g/mol. The topological polar surface area (TPSA) is 124 Å². The summed E-state index contributed by atoms with van der Waals surface area (Å²) in [7, 11) is -0.809. The molecule has 0 saturated carbocycles. The van der Waals surface area contributed by atoms with Crippen LogP contribution in [0.3, 0.4) is 0 Å². The van der Waals surface area contributed by atoms with Crippen LogP contribution in [-0.2, 0) is 36.6 Å². The van der Waals surface area contributed by atoms with Crippen molar-refractivity contribution >= 4 is 31.7 Å². The van der Waals surface area contributed by atoms with Crippen molar-refractivity contribution in [3.8, 4) is 11.5 Å². The highest BCUT2D eigenvalue weighted by molar-refractivity contribution is 7.86. The number of hydrogen-bond acceptors (Lipinski definition) is 11. The van der Waals surface area contributed by atoms with Crippen LogP contribution < -0.4 is 9.47 Å². The van der Waals surface area contributed by atoms with Crippen LogP contribution in [0.1, 0.15) is 40.4 Å². The molecule has 5 rings (SSSR count). The maximum Gasteiger partial charge on any atom is 0.296 e. The molecule has 0 N–H and O–H groups in total. The Morgan fingerprint density at radius 2 is 1.68 bits per heavy atom. The summed E-state index contributed by atoms with van der Waals surface area (Å²) in [5.41, 5.74) is 4.47. The fourth-order valence-corrected chi connectivity index (χ4v) is 6.55. The Labute approximate surface area is 260 Å². The molecule has 0 amide bonds. The zero-order valence-electron chi connectivity index (χ0n) is 24.9. The number of benzene rings is 3. The van der Waals surface area contributed by atoms with Gasteiger partial charge in [-0.05, 0) is 60.9 Å². The second-order valence-corrected chi connectivity index (χ2v) is 12.6. The number of hydrogen-bond donors (Lipinski definition) is 0. The van der Waals surface area contributed by atoms with Gasteiger partial charge in [0.05, 0.1) is 27.4 Å². The van der Waals surface area contributed by atoms with Crippen LogP contribution in [0.4, 0.5) is 0 Å². The standard InChI is InChI=1S/C31H34N4O7S2/c1-5-22-8-12-26-29(16-22)43-31(32-26)30(23-9-13-27(40-19-38-3)28(17-23)41-20-39-4)35-18-24(33-34-35)14-15-42-44(36,37)25-10-6-21(2)7-11-25/h6-13,16-18,30H,5,14-15,19-20H2,1-4H3. The highest BCUT2D eigenvalue weighted by Gasteiger charge is 2.25. The molecule has 1 atom stereocenters. The number of methoxy groups -OCH3 is 2. The van der Waals surface area contributed by atoms with Gasteiger partial charge >= 0.3 is 0 Å². The molecular formula is C31H34N4O7S2. The predicted molar refractivity (Wildman–Crippen MR) is 166 cm³/mol. The van der Waals surface area contributed by atoms with Crippen LogP contribution in [-0.4, -0.2) is 62.8 Å². The first-order valence-electron chi connectivity index (χ1n) is 13.9. The SMILES string of the molecule is CCc1ccc2nc(C(c3ccc(OCOC)c(OCOC)c3)n3cc(CCOS(=O)(=O)c4ccc(C)cc4)nn3)sc2c1. The Hall–Kier alpha value is -3.88. The van der Waals surface area contributed by atoms with Gasteiger partial charge < -0.3 is 18.9 Å². The van der Waals surface area contributed by atoms with Crippen LogP contribution >= 0.6 is 11.3 Å². The Kier molecular flexibility index (Phi) is 10.2. The quantitative estimate of drug-likeness (QED) is 0.110. The summed E-state index contributed by atoms with van der Waals surface area (Å²) in [5, 5.41) is 9.55. The summed E-state index contributed by atoms with van der Waals surface area (Å²) < 4.78 is 55.1. The third-order valence-corrected chi connectivity index (χ3v) is 9.19. The Morgan fingerprint density at radius 3 is 2.41 bits per heavy atom. The molecule has 0 aliphatic rings. The molecule has 13 heteroatoms. The molecule has 2 heterocycles. The Morgan fingerprint density at radius 1 is 0.932 bits per heavy atom. The third kappa shape index (κ3) is 7.42. The van der Waals surface area contributed by atoms with Crippen molar-refractivity contribution in [1.82, 2.24) is 20.0 Å². The third-order valence-electron chi connectivity index (χ3n) is 6.79. The molecule has 0 aliphatic heterocycles. The van der Waals surface area contributed by atoms with Gasteiger partial charge in [0, 0.05) is 26.8 Å². The van der Waals surface area contributed by atoms with E-state index in [1.54, 1.807) is 54.6 Å². The molecule has 1 unspecified atom stereocenters. The summed E-state index contributed by atoms with van der Waals surface area (Å²) in [5.74, 6) is 0.963. The summed E-state index contributed by atoms with van der Waals surface area (Å²) in [6, 6.07) is 17.9. The van der Waals surface area contributed by atoms with E-state index in [1.807, 2.05) is 25.1 Å². The summed E-state index contributed by atoms with van der Waals surface area (Å²) >= 11 is 1.57. The second kappa shape index (κ2) is 14.3. The molecule has 5 aromatic rings. The van der Waals surface area contributed by atoms with Crippen molar-refractivity contribution in [3.63, 3.8) is 0 Å². The van der Waals surface area contributed by atoms with E-state index in [0.717, 1.165) is 32.8 Å². The molecule has 0 spiro atoms. The lowest BCUT2D eigenvalue weighted by atomic mass is 10.1. The van der Waals surface area contributed by atoms with E-state index in [9.17, 15) is 8.42 Å². The Bertz CT molecular complexity index is 1800. The summed E-state index contributed by atoms with van der Waals surface area (Å²) in [6.45, 7) is 4.01. The lowest BCUT2D eigenvalue weighted by Gasteiger charge is -2.18. The number of thiazole rings is 1. The van der Waals surface area contributed by atoms with Crippen LogP contribution in [0.2, 0.25) is 0 Å². The molecule has 0 aliphatic carbocycles. The zero-order valence-corrected chi connectivity index (χ0v) is 26.6. The van der Waals surface area contributed by atoms with E-state index in [2.05, 4.69) is 29.4 Å². The highest BCUT2D eigenvalue weighted by Crippen LogP contribution is 2.37. The molecule has 0 saturated heterocycles. The molecular weight excluding hydrogens is 604 g/mol. The Balaban J connectivity index is 1.45. The molecule has 44 heavy (non-hydrogen) atoms. The van der Waals surface area contributed by atoms with Crippen LogP contribution in [0.15, 0.2) is 71.8 Å². The van der Waals surface area contributed by atoms with Gasteiger partial charge in [-0.25, -0.2) is 9.67 Å². The fourth-order valence-electron chi connectivity index (χ4n) is 4.49. The van der Waals surface area contributed by atoms with Gasteiger partial charge in [0.2, 0.25) is 0 Å². The molecule has 232 valence electrons. The van der Waals surface area contributed by atoms with Gasteiger partial charge in [-0.2, -0.15) is 8.42 Å².